The molecule has 2 heterocycles. The predicted molar refractivity (Wildman–Crippen MR) is 314 cm³/mol. The van der Waals surface area contributed by atoms with Crippen LogP contribution < -0.4 is 71.9 Å². The Morgan fingerprint density at radius 2 is 0.495 bits per heavy atom. The number of aliphatic hydroxyl groups excluding tert-OH is 1. The Labute approximate surface area is 725 Å². The third kappa shape index (κ3) is 68.3. The number of β-amino-alcohol motifs (C(OH)–C–C–N with tert-alkyl or cyclic N) is 1. The van der Waals surface area contributed by atoms with Gasteiger partial charge in [0.1, 0.15) is 0 Å². The molecule has 0 aromatic rings. The monoisotopic (exact) mass is 2050 g/mol. The van der Waals surface area contributed by atoms with Crippen molar-refractivity contribution in [2.45, 2.75) is 13.0 Å². The standard InChI is InChI=1S/C17H32N4O7.C16H28N4O8.C13H25N5O6.C10H19N3O6.4Gd/c1-14(22)10-18-2-4-19(11-15(23)24)6-8-21(13-17(27)28)9-7-20(5-3-18)12-16(25)26;21-13(22)9-17-1-2-18(10-14(23)24)5-6-20(12-16(27)28)8-7-19(4-3-17)11-15(25)26;1-14-10(19)4-16(3)8-18(7-13(23)24)9-17(6-12(21)22)5-11(20)15-2;1-11(2)6-13(5-10(18)19)7-12(3-8(14)15)4-9(16)17;;;;/h14,22H,2-13H2,1H3,(H,23,24)(H,25,26)(H,27,28);1-12H2,(H,21,22)(H,23,24)(H,25,26)(H,27,28);4-9H2,1-3H3,(H,14,19)(H,15,20)(H,21,22)(H,23,24);3-7H2,1-2H3,(H,14,15)(H,16,17)(H,18,19);;;;/q;;;;4*+3/p-12. The number of carbonyl (C=O) groups is 14. The van der Waals surface area contributed by atoms with Crippen LogP contribution in [-0.4, -0.2) is 428 Å². The fourth-order valence-corrected chi connectivity index (χ4v) is 9.58. The average molecular weight is 2050 g/mol. The van der Waals surface area contributed by atoms with Gasteiger partial charge in [-0.3, -0.25) is 78.2 Å². The SMILES string of the molecule is CC(O)CN1CCN(CC(=O)[O-])CCN(CC(=O)[O-])CCN(CC(=O)[O-])CC1.CN(C)CN(CC(=O)[O-])CN(CC(=O)[O-])CC(=O)[O-].CNC(=O)CN(C)CN(CC(=O)[O-])CN(CC(=O)[O-])CC(=O)NC.O=C([O-])CN1CCN(CC(=O)[O-])CCN(CC(=O)[O-])CCN(CC(=O)[O-])CC1.[Gd+3].[Gd+3].[Gd+3].[Gd+3]. The number of aliphatic hydroxyl groups is 1. The van der Waals surface area contributed by atoms with Crippen LogP contribution in [0.3, 0.4) is 0 Å². The van der Waals surface area contributed by atoms with Crippen LogP contribution in [0.4, 0.5) is 0 Å². The van der Waals surface area contributed by atoms with E-state index in [4.69, 9.17) is 0 Å². The Hall–Kier alpha value is -2.72. The molecular formula is C56H92Gd4N16O27. The van der Waals surface area contributed by atoms with Crippen molar-refractivity contribution in [3.05, 3.63) is 0 Å². The number of hydrogen-bond acceptors (Lipinski definition) is 41. The first-order valence-electron chi connectivity index (χ1n) is 30.7. The van der Waals surface area contributed by atoms with Gasteiger partial charge in [-0.15, -0.1) is 0 Å². The van der Waals surface area contributed by atoms with Gasteiger partial charge in [-0.05, 0) is 28.1 Å². The Morgan fingerprint density at radius 1 is 0.301 bits per heavy atom. The zero-order valence-electron chi connectivity index (χ0n) is 58.1. The number of nitrogens with one attached hydrogen (secondary N) is 2. The summed E-state index contributed by atoms with van der Waals surface area (Å²) in [6.45, 7) is 1.18. The first-order valence-corrected chi connectivity index (χ1v) is 30.7. The molecule has 43 nitrogen and oxygen atoms in total. The van der Waals surface area contributed by atoms with Gasteiger partial charge in [0, 0.05) is 204 Å². The van der Waals surface area contributed by atoms with E-state index in [1.165, 1.54) is 48.4 Å². The molecule has 2 aliphatic heterocycles. The molecule has 2 amide bonds. The molecule has 2 rings (SSSR count). The quantitative estimate of drug-likeness (QED) is 0.0483. The smallest absolute Gasteiger partial charge is 0.549 e. The average Bonchev–Trinajstić information content (AvgIpc) is 0.926. The van der Waals surface area contributed by atoms with Crippen LogP contribution in [0, 0.1) is 160 Å². The van der Waals surface area contributed by atoms with E-state index in [1.807, 2.05) is 4.90 Å². The van der Waals surface area contributed by atoms with Gasteiger partial charge in [0.05, 0.1) is 117 Å². The summed E-state index contributed by atoms with van der Waals surface area (Å²) in [6, 6.07) is 0. The van der Waals surface area contributed by atoms with Crippen molar-refractivity contribution in [2.75, 3.05) is 265 Å². The number of carboxylic acid groups (broad SMARTS) is 12. The van der Waals surface area contributed by atoms with Crippen molar-refractivity contribution in [1.29, 1.82) is 0 Å². The summed E-state index contributed by atoms with van der Waals surface area (Å²) in [5, 5.41) is 145. The Morgan fingerprint density at radius 3 is 0.689 bits per heavy atom. The summed E-state index contributed by atoms with van der Waals surface area (Å²) in [6.07, 6.45) is -0.587. The van der Waals surface area contributed by atoms with E-state index in [9.17, 15) is 134 Å². The van der Waals surface area contributed by atoms with Crippen molar-refractivity contribution < 1.29 is 293 Å². The second-order valence-electron chi connectivity index (χ2n) is 23.2. The van der Waals surface area contributed by atoms with Gasteiger partial charge in [-0.25, -0.2) is 0 Å². The summed E-state index contributed by atoms with van der Waals surface area (Å²) in [7, 11) is 7.84. The molecule has 0 aromatic carbocycles. The third-order valence-electron chi connectivity index (χ3n) is 13.7. The molecule has 1 unspecified atom stereocenters. The molecule has 590 valence electrons. The number of nitrogens with zero attached hydrogens (tertiary/aromatic N) is 14. The molecule has 1 atom stereocenters. The van der Waals surface area contributed by atoms with Gasteiger partial charge in [0.2, 0.25) is 11.8 Å². The molecule has 103 heavy (non-hydrogen) atoms. The first kappa shape index (κ1) is 111. The number of rotatable bonds is 38. The van der Waals surface area contributed by atoms with Crippen molar-refractivity contribution in [1.82, 2.24) is 79.2 Å². The van der Waals surface area contributed by atoms with Crippen LogP contribution in [0.15, 0.2) is 0 Å². The molecule has 0 aliphatic carbocycles. The maximum Gasteiger partial charge on any atom is 3.00 e. The summed E-state index contributed by atoms with van der Waals surface area (Å²) in [5.41, 5.74) is 0. The van der Waals surface area contributed by atoms with E-state index in [0.717, 1.165) is 4.90 Å². The van der Waals surface area contributed by atoms with Crippen molar-refractivity contribution >= 4 is 83.4 Å². The van der Waals surface area contributed by atoms with Gasteiger partial charge in [-0.2, -0.15) is 0 Å². The topological polar surface area (TPSA) is 605 Å². The zero-order valence-corrected chi connectivity index (χ0v) is 67.1. The Kier molecular flexibility index (Phi) is 70.4. The van der Waals surface area contributed by atoms with E-state index in [2.05, 4.69) is 10.6 Å². The van der Waals surface area contributed by atoms with Gasteiger partial charge in [0.15, 0.2) is 0 Å². The van der Waals surface area contributed by atoms with Gasteiger partial charge in [0.25, 0.3) is 0 Å². The minimum Gasteiger partial charge on any atom is -0.549 e. The molecule has 2 aliphatic rings. The van der Waals surface area contributed by atoms with E-state index >= 15 is 0 Å². The first-order chi connectivity index (χ1) is 46.2. The van der Waals surface area contributed by atoms with Crippen LogP contribution in [0.1, 0.15) is 6.92 Å². The van der Waals surface area contributed by atoms with Crippen LogP contribution in [-0.2, 0) is 67.1 Å². The van der Waals surface area contributed by atoms with Crippen molar-refractivity contribution in [3.8, 4) is 0 Å². The van der Waals surface area contributed by atoms with Crippen LogP contribution in [0.5, 0.6) is 0 Å². The van der Waals surface area contributed by atoms with Crippen LogP contribution >= 0.6 is 0 Å². The molecule has 0 bridgehead atoms. The number of aliphatic carboxylic acids is 12. The summed E-state index contributed by atoms with van der Waals surface area (Å²) >= 11 is 0. The maximum absolute atomic E-state index is 11.4. The van der Waals surface area contributed by atoms with Gasteiger partial charge < -0.3 is 135 Å². The number of likely N-dealkylation sites (N-methyl/N-ethyl adjacent to an activating group) is 3. The molecule has 2 saturated heterocycles. The van der Waals surface area contributed by atoms with Gasteiger partial charge >= 0.3 is 160 Å². The normalized spacial score (nSPS) is 15.5. The zero-order chi connectivity index (χ0) is 75.9. The maximum atomic E-state index is 11.4. The fourth-order valence-electron chi connectivity index (χ4n) is 9.58. The fraction of sp³-hybridized carbons (Fsp3) is 0.750. The van der Waals surface area contributed by atoms with Crippen LogP contribution in [0.25, 0.3) is 0 Å². The molecule has 0 saturated carbocycles. The second-order valence-corrected chi connectivity index (χ2v) is 23.2. The summed E-state index contributed by atoms with van der Waals surface area (Å²) < 4.78 is 0. The Bertz CT molecular complexity index is 2390. The summed E-state index contributed by atoms with van der Waals surface area (Å²) in [4.78, 5) is 174. The van der Waals surface area contributed by atoms with Crippen LogP contribution in [0.2, 0.25) is 0 Å². The van der Waals surface area contributed by atoms with E-state index < -0.39 is 116 Å². The predicted octanol–water partition coefficient (Wildman–Crippen LogP) is -25.2. The number of amides is 2. The van der Waals surface area contributed by atoms with Gasteiger partial charge in [-0.1, -0.05) is 0 Å². The minimum absolute atomic E-state index is 0. The number of hydrogen-bond donors (Lipinski definition) is 3. The van der Waals surface area contributed by atoms with Crippen molar-refractivity contribution in [3.63, 3.8) is 0 Å². The molecule has 2 fully saturated rings. The molecule has 4 radical (unpaired) electrons. The largest absolute Gasteiger partial charge is 3.00 e. The number of carbonyl (C=O) groups excluding carboxylic acids is 14. The molecule has 47 heteroatoms. The number of carboxylic acids is 12. The third-order valence-corrected chi connectivity index (χ3v) is 13.7. The Balaban J connectivity index is -0.000000304. The second kappa shape index (κ2) is 65.2. The molecular weight excluding hydrogens is 1960 g/mol. The minimum atomic E-state index is -1.46. The van der Waals surface area contributed by atoms with E-state index in [1.54, 1.807) is 52.6 Å². The summed E-state index contributed by atoms with van der Waals surface area (Å²) in [5.74, 6) is -16.6. The molecule has 3 N–H and O–H groups in total. The van der Waals surface area contributed by atoms with E-state index in [-0.39, 0.29) is 317 Å². The van der Waals surface area contributed by atoms with Crippen molar-refractivity contribution in [2.24, 2.45) is 0 Å². The van der Waals surface area contributed by atoms with E-state index in [0.29, 0.717) is 45.8 Å². The molecule has 0 aromatic heterocycles. The molecule has 0 spiro atoms.